The first-order valence-electron chi connectivity index (χ1n) is 10.4. The lowest BCUT2D eigenvalue weighted by Crippen LogP contribution is -2.27. The molecule has 1 aliphatic carbocycles. The van der Waals surface area contributed by atoms with E-state index < -0.39 is 11.4 Å². The summed E-state index contributed by atoms with van der Waals surface area (Å²) in [6, 6.07) is 11.4. The number of ether oxygens (including phenoxy) is 2. The second-order valence-corrected chi connectivity index (χ2v) is 7.87. The molecule has 5 rings (SSSR count). The molecule has 0 spiro atoms. The van der Waals surface area contributed by atoms with Crippen LogP contribution in [0.2, 0.25) is 5.02 Å². The molecule has 0 saturated heterocycles. The Hall–Kier alpha value is -3.57. The highest BCUT2D eigenvalue weighted by Gasteiger charge is 2.42. The van der Waals surface area contributed by atoms with Crippen LogP contribution < -0.4 is 20.1 Å². The van der Waals surface area contributed by atoms with Gasteiger partial charge in [0.15, 0.2) is 0 Å². The minimum atomic E-state index is -0.488. The SMILES string of the molecule is N#CC1(NC=O)CC1.O=C1NCCc2ccc(c(Cl)c2)OC/C=C/COc2ccc(F)cc21. The van der Waals surface area contributed by atoms with Crippen molar-refractivity contribution in [1.82, 2.24) is 10.6 Å². The lowest BCUT2D eigenvalue weighted by atomic mass is 10.1. The summed E-state index contributed by atoms with van der Waals surface area (Å²) < 4.78 is 24.7. The number of rotatable bonds is 2. The Balaban J connectivity index is 0.000000323. The molecule has 7 nitrogen and oxygen atoms in total. The van der Waals surface area contributed by atoms with E-state index in [9.17, 15) is 14.0 Å². The summed E-state index contributed by atoms with van der Waals surface area (Å²) in [4.78, 5) is 22.1. The van der Waals surface area contributed by atoms with Gasteiger partial charge in [0.05, 0.1) is 16.7 Å². The highest BCUT2D eigenvalue weighted by molar-refractivity contribution is 6.32. The molecule has 2 aliphatic heterocycles. The molecule has 2 N–H and O–H groups in total. The smallest absolute Gasteiger partial charge is 0.255 e. The minimum Gasteiger partial charge on any atom is -0.489 e. The van der Waals surface area contributed by atoms with Crippen LogP contribution in [0.25, 0.3) is 0 Å². The van der Waals surface area contributed by atoms with Crippen LogP contribution in [0.3, 0.4) is 0 Å². The largest absolute Gasteiger partial charge is 0.489 e. The average molecular weight is 472 g/mol. The summed E-state index contributed by atoms with van der Waals surface area (Å²) in [5.41, 5.74) is 0.669. The number of nitrogens with one attached hydrogen (secondary N) is 2. The van der Waals surface area contributed by atoms with Crippen molar-refractivity contribution >= 4 is 23.9 Å². The minimum absolute atomic E-state index is 0.171. The second kappa shape index (κ2) is 11.3. The highest BCUT2D eigenvalue weighted by Crippen LogP contribution is 2.33. The molecule has 0 radical (unpaired) electrons. The van der Waals surface area contributed by atoms with Crippen molar-refractivity contribution in [1.29, 1.82) is 5.26 Å². The van der Waals surface area contributed by atoms with E-state index in [1.165, 1.54) is 18.2 Å². The van der Waals surface area contributed by atoms with E-state index in [1.807, 2.05) is 18.2 Å². The van der Waals surface area contributed by atoms with Crippen LogP contribution in [0.4, 0.5) is 4.39 Å². The molecule has 9 heteroatoms. The fourth-order valence-electron chi connectivity index (χ4n) is 2.98. The summed E-state index contributed by atoms with van der Waals surface area (Å²) in [5, 5.41) is 14.1. The summed E-state index contributed by atoms with van der Waals surface area (Å²) in [6.45, 7) is 0.979. The number of hydrogen-bond acceptors (Lipinski definition) is 5. The van der Waals surface area contributed by atoms with Gasteiger partial charge in [0.25, 0.3) is 5.91 Å². The topological polar surface area (TPSA) is 100 Å². The molecule has 0 aromatic heterocycles. The maximum absolute atomic E-state index is 13.5. The molecule has 2 aromatic carbocycles. The van der Waals surface area contributed by atoms with E-state index in [4.69, 9.17) is 26.3 Å². The third-order valence-corrected chi connectivity index (χ3v) is 5.31. The summed E-state index contributed by atoms with van der Waals surface area (Å²) >= 11 is 6.20. The first-order chi connectivity index (χ1) is 16.0. The Labute approximate surface area is 196 Å². The van der Waals surface area contributed by atoms with Crippen LogP contribution in [-0.2, 0) is 11.2 Å². The maximum Gasteiger partial charge on any atom is 0.255 e. The van der Waals surface area contributed by atoms with E-state index in [0.717, 1.165) is 18.4 Å². The zero-order valence-corrected chi connectivity index (χ0v) is 18.5. The Kier molecular flexibility index (Phi) is 8.28. The van der Waals surface area contributed by atoms with Crippen LogP contribution in [0.5, 0.6) is 11.5 Å². The van der Waals surface area contributed by atoms with E-state index in [1.54, 1.807) is 18.2 Å². The van der Waals surface area contributed by atoms with Crippen LogP contribution in [0.1, 0.15) is 28.8 Å². The van der Waals surface area contributed by atoms with Gasteiger partial charge in [-0.25, -0.2) is 4.39 Å². The number of hydrogen-bond donors (Lipinski definition) is 2. The number of carbonyl (C=O) groups is 2. The van der Waals surface area contributed by atoms with Crippen molar-refractivity contribution < 1.29 is 23.5 Å². The molecule has 3 aliphatic rings. The zero-order chi connectivity index (χ0) is 23.7. The number of nitriles is 1. The number of carbonyl (C=O) groups excluding carboxylic acids is 2. The molecule has 1 saturated carbocycles. The lowest BCUT2D eigenvalue weighted by Gasteiger charge is -2.12. The van der Waals surface area contributed by atoms with Crippen molar-refractivity contribution in [3.63, 3.8) is 0 Å². The molecule has 0 unspecified atom stereocenters. The normalized spacial score (nSPS) is 17.4. The Morgan fingerprint density at radius 2 is 1.82 bits per heavy atom. The number of nitrogens with zero attached hydrogens (tertiary/aromatic N) is 1. The number of benzene rings is 2. The van der Waals surface area contributed by atoms with E-state index >= 15 is 0 Å². The molecule has 2 heterocycles. The molecule has 2 aromatic rings. The molecular weight excluding hydrogens is 449 g/mol. The molecule has 172 valence electrons. The van der Waals surface area contributed by atoms with Gasteiger partial charge in [-0.05, 0) is 67.3 Å². The first-order valence-corrected chi connectivity index (χ1v) is 10.7. The summed E-state index contributed by atoms with van der Waals surface area (Å²) in [6.07, 6.45) is 6.34. The standard InChI is InChI=1S/C19H17ClFNO3.C5H6N2O/c20-16-11-13-3-5-18(16)25-10-2-1-9-24-17-6-4-14(21)12-15(17)19(23)22-8-7-13;6-3-5(1-2-5)7-4-8/h1-6,11-12H,7-10H2,(H,22,23);4H,1-2H2,(H,7,8)/b2-1+;. The predicted molar refractivity (Wildman–Crippen MR) is 121 cm³/mol. The fraction of sp³-hybridized carbons (Fsp3) is 0.292. The third-order valence-electron chi connectivity index (χ3n) is 5.02. The molecule has 2 bridgehead atoms. The van der Waals surface area contributed by atoms with Gasteiger partial charge in [0.1, 0.15) is 36.1 Å². The van der Waals surface area contributed by atoms with Crippen molar-refractivity contribution in [3.8, 4) is 17.6 Å². The molecule has 2 amide bonds. The van der Waals surface area contributed by atoms with Crippen LogP contribution in [0.15, 0.2) is 48.6 Å². The van der Waals surface area contributed by atoms with Gasteiger partial charge in [-0.1, -0.05) is 17.7 Å². The second-order valence-electron chi connectivity index (χ2n) is 7.46. The highest BCUT2D eigenvalue weighted by atomic mass is 35.5. The van der Waals surface area contributed by atoms with Gasteiger partial charge < -0.3 is 20.1 Å². The van der Waals surface area contributed by atoms with Gasteiger partial charge in [-0.3, -0.25) is 9.59 Å². The van der Waals surface area contributed by atoms with E-state index in [0.29, 0.717) is 42.5 Å². The Morgan fingerprint density at radius 1 is 1.12 bits per heavy atom. The molecule has 1 fully saturated rings. The molecular formula is C24H23ClFN3O4. The Morgan fingerprint density at radius 3 is 2.42 bits per heavy atom. The number of amides is 2. The van der Waals surface area contributed by atoms with Gasteiger partial charge in [0.2, 0.25) is 6.41 Å². The third kappa shape index (κ3) is 6.96. The lowest BCUT2D eigenvalue weighted by molar-refractivity contribution is -0.110. The van der Waals surface area contributed by atoms with Gasteiger partial charge >= 0.3 is 0 Å². The maximum atomic E-state index is 13.5. The van der Waals surface area contributed by atoms with Gasteiger partial charge in [0, 0.05) is 6.54 Å². The average Bonchev–Trinajstić information content (AvgIpc) is 3.58. The molecule has 0 atom stereocenters. The monoisotopic (exact) mass is 471 g/mol. The van der Waals surface area contributed by atoms with Crippen molar-refractivity contribution in [2.75, 3.05) is 19.8 Å². The van der Waals surface area contributed by atoms with Gasteiger partial charge in [-0.15, -0.1) is 0 Å². The quantitative estimate of drug-likeness (QED) is 0.515. The van der Waals surface area contributed by atoms with Crippen molar-refractivity contribution in [2.24, 2.45) is 0 Å². The number of fused-ring (bicyclic) bond motifs is 9. The van der Waals surface area contributed by atoms with Crippen LogP contribution >= 0.6 is 11.6 Å². The van der Waals surface area contributed by atoms with Crippen molar-refractivity contribution in [3.05, 3.63) is 70.5 Å². The molecule has 33 heavy (non-hydrogen) atoms. The summed E-state index contributed by atoms with van der Waals surface area (Å²) in [5.74, 6) is 0.0747. The van der Waals surface area contributed by atoms with Crippen LogP contribution in [0, 0.1) is 17.1 Å². The predicted octanol–water partition coefficient (Wildman–Crippen LogP) is 3.57. The first kappa shape index (κ1) is 24.1. The summed E-state index contributed by atoms with van der Waals surface area (Å²) in [7, 11) is 0. The van der Waals surface area contributed by atoms with E-state index in [2.05, 4.69) is 10.6 Å². The fourth-order valence-corrected chi connectivity index (χ4v) is 3.23. The van der Waals surface area contributed by atoms with E-state index in [-0.39, 0.29) is 18.1 Å². The van der Waals surface area contributed by atoms with Crippen molar-refractivity contribution in [2.45, 2.75) is 24.8 Å². The Bertz CT molecular complexity index is 1080. The van der Waals surface area contributed by atoms with Crippen LogP contribution in [-0.4, -0.2) is 37.6 Å². The van der Waals surface area contributed by atoms with Gasteiger partial charge in [-0.2, -0.15) is 5.26 Å². The zero-order valence-electron chi connectivity index (χ0n) is 17.8. The number of halogens is 2.